The molecular formula is C17H15BrCl3N5O. The van der Waals surface area contributed by atoms with Crippen molar-refractivity contribution in [3.05, 3.63) is 61.4 Å². The van der Waals surface area contributed by atoms with Crippen LogP contribution >= 0.6 is 50.7 Å². The summed E-state index contributed by atoms with van der Waals surface area (Å²) in [7, 11) is 0. The molecule has 0 aliphatic rings. The molecule has 1 aromatic carbocycles. The van der Waals surface area contributed by atoms with Crippen LogP contribution in [0.4, 0.5) is 5.82 Å². The number of nitrogens with one attached hydrogen (secondary N) is 1. The molecular weight excluding hydrogens is 476 g/mol. The average Bonchev–Trinajstić information content (AvgIpc) is 3.13. The molecule has 3 aromatic rings. The van der Waals surface area contributed by atoms with Crippen LogP contribution < -0.4 is 5.32 Å². The monoisotopic (exact) mass is 489 g/mol. The van der Waals surface area contributed by atoms with Gasteiger partial charge in [-0.15, -0.1) is 0 Å². The summed E-state index contributed by atoms with van der Waals surface area (Å²) in [5.74, 6) is 0.168. The summed E-state index contributed by atoms with van der Waals surface area (Å²) >= 11 is 21.4. The van der Waals surface area contributed by atoms with Gasteiger partial charge in [-0.2, -0.15) is 10.2 Å². The number of carbonyl (C=O) groups is 1. The van der Waals surface area contributed by atoms with E-state index in [0.717, 1.165) is 11.3 Å². The maximum atomic E-state index is 12.6. The molecule has 0 aliphatic carbocycles. The van der Waals surface area contributed by atoms with Crippen molar-refractivity contribution in [1.29, 1.82) is 0 Å². The Hall–Kier alpha value is -1.54. The Morgan fingerprint density at radius 3 is 2.63 bits per heavy atom. The van der Waals surface area contributed by atoms with Gasteiger partial charge < -0.3 is 5.32 Å². The molecule has 0 saturated heterocycles. The Morgan fingerprint density at radius 1 is 1.26 bits per heavy atom. The minimum Gasteiger partial charge on any atom is -0.306 e. The first-order chi connectivity index (χ1) is 12.8. The van der Waals surface area contributed by atoms with Crippen molar-refractivity contribution >= 4 is 62.5 Å². The fourth-order valence-corrected chi connectivity index (χ4v) is 3.38. The van der Waals surface area contributed by atoms with Crippen LogP contribution in [-0.2, 0) is 11.3 Å². The Balaban J connectivity index is 1.73. The highest BCUT2D eigenvalue weighted by Gasteiger charge is 2.21. The second kappa shape index (κ2) is 8.22. The summed E-state index contributed by atoms with van der Waals surface area (Å²) in [6.45, 7) is 4.03. The van der Waals surface area contributed by atoms with E-state index < -0.39 is 6.04 Å². The minimum absolute atomic E-state index is 0.252. The average molecular weight is 492 g/mol. The van der Waals surface area contributed by atoms with Crippen molar-refractivity contribution < 1.29 is 4.79 Å². The lowest BCUT2D eigenvalue weighted by molar-refractivity contribution is -0.119. The zero-order valence-corrected chi connectivity index (χ0v) is 18.2. The number of carbonyl (C=O) groups excluding carboxylic acids is 1. The van der Waals surface area contributed by atoms with Crippen LogP contribution in [0.3, 0.4) is 0 Å². The van der Waals surface area contributed by atoms with Gasteiger partial charge in [0.15, 0.2) is 5.82 Å². The first kappa shape index (κ1) is 20.2. The van der Waals surface area contributed by atoms with E-state index in [1.807, 2.05) is 6.07 Å². The molecule has 1 atom stereocenters. The van der Waals surface area contributed by atoms with Gasteiger partial charge >= 0.3 is 0 Å². The normalized spacial score (nSPS) is 12.2. The molecule has 0 fully saturated rings. The van der Waals surface area contributed by atoms with Crippen molar-refractivity contribution in [2.45, 2.75) is 26.4 Å². The standard InChI is InChI=1S/C17H15BrCl3N5O/c1-9-15(21)6-22-26(9)10(2)17(27)23-16-12(18)8-25(24-16)7-11-3-4-13(19)14(20)5-11/h3-6,8,10H,7H2,1-2H3,(H,23,24,27). The number of benzene rings is 1. The molecule has 0 bridgehead atoms. The van der Waals surface area contributed by atoms with Crippen molar-refractivity contribution in [1.82, 2.24) is 19.6 Å². The number of hydrogen-bond donors (Lipinski definition) is 1. The fraction of sp³-hybridized carbons (Fsp3) is 0.235. The molecule has 27 heavy (non-hydrogen) atoms. The molecule has 2 heterocycles. The van der Waals surface area contributed by atoms with E-state index in [9.17, 15) is 4.79 Å². The molecule has 1 unspecified atom stereocenters. The molecule has 1 N–H and O–H groups in total. The van der Waals surface area contributed by atoms with Crippen LogP contribution in [0.5, 0.6) is 0 Å². The highest BCUT2D eigenvalue weighted by atomic mass is 79.9. The van der Waals surface area contributed by atoms with Gasteiger partial charge in [0.1, 0.15) is 6.04 Å². The van der Waals surface area contributed by atoms with Gasteiger partial charge in [-0.05, 0) is 47.5 Å². The van der Waals surface area contributed by atoms with E-state index >= 15 is 0 Å². The van der Waals surface area contributed by atoms with Gasteiger partial charge in [-0.3, -0.25) is 14.2 Å². The van der Waals surface area contributed by atoms with Crippen LogP contribution in [0.1, 0.15) is 24.2 Å². The Kier molecular flexibility index (Phi) is 6.15. The smallest absolute Gasteiger partial charge is 0.250 e. The summed E-state index contributed by atoms with van der Waals surface area (Å²) in [5.41, 5.74) is 1.66. The van der Waals surface area contributed by atoms with Crippen LogP contribution in [0.25, 0.3) is 0 Å². The van der Waals surface area contributed by atoms with E-state index in [-0.39, 0.29) is 5.91 Å². The lowest BCUT2D eigenvalue weighted by Crippen LogP contribution is -2.25. The molecule has 1 amide bonds. The van der Waals surface area contributed by atoms with Gasteiger partial charge in [0.25, 0.3) is 0 Å². The summed E-state index contributed by atoms with van der Waals surface area (Å²) in [4.78, 5) is 12.6. The third kappa shape index (κ3) is 4.48. The second-order valence-corrected chi connectivity index (χ2v) is 8.04. The van der Waals surface area contributed by atoms with E-state index in [1.54, 1.807) is 41.5 Å². The molecule has 0 spiro atoms. The molecule has 10 heteroatoms. The third-order valence-electron chi connectivity index (χ3n) is 4.02. The molecule has 0 radical (unpaired) electrons. The summed E-state index contributed by atoms with van der Waals surface area (Å²) < 4.78 is 3.93. The predicted molar refractivity (Wildman–Crippen MR) is 111 cm³/mol. The zero-order chi connectivity index (χ0) is 19.7. The zero-order valence-electron chi connectivity index (χ0n) is 14.4. The number of amides is 1. The number of rotatable bonds is 5. The Morgan fingerprint density at radius 2 is 2.00 bits per heavy atom. The second-order valence-electron chi connectivity index (χ2n) is 5.96. The number of halogens is 4. The van der Waals surface area contributed by atoms with Crippen LogP contribution in [0.15, 0.2) is 35.1 Å². The maximum Gasteiger partial charge on any atom is 0.250 e. The lowest BCUT2D eigenvalue weighted by Gasteiger charge is -2.13. The number of nitrogens with zero attached hydrogens (tertiary/aromatic N) is 4. The highest BCUT2D eigenvalue weighted by molar-refractivity contribution is 9.10. The van der Waals surface area contributed by atoms with Crippen LogP contribution in [-0.4, -0.2) is 25.5 Å². The van der Waals surface area contributed by atoms with E-state index in [1.165, 1.54) is 6.20 Å². The molecule has 6 nitrogen and oxygen atoms in total. The van der Waals surface area contributed by atoms with Crippen LogP contribution in [0, 0.1) is 6.92 Å². The number of anilines is 1. The number of hydrogen-bond acceptors (Lipinski definition) is 3. The SMILES string of the molecule is Cc1c(Cl)cnn1C(C)C(=O)Nc1nn(Cc2ccc(Cl)c(Cl)c2)cc1Br. The predicted octanol–water partition coefficient (Wildman–Crippen LogP) is 5.36. The minimum atomic E-state index is -0.537. The first-order valence-corrected chi connectivity index (χ1v) is 9.86. The van der Waals surface area contributed by atoms with Gasteiger partial charge in [-0.1, -0.05) is 40.9 Å². The molecule has 2 aromatic heterocycles. The molecule has 142 valence electrons. The Bertz CT molecular complexity index is 1000. The van der Waals surface area contributed by atoms with Crippen molar-refractivity contribution in [2.75, 3.05) is 5.32 Å². The van der Waals surface area contributed by atoms with E-state index in [2.05, 4.69) is 31.4 Å². The van der Waals surface area contributed by atoms with E-state index in [0.29, 0.717) is 31.9 Å². The molecule has 0 saturated carbocycles. The van der Waals surface area contributed by atoms with Gasteiger partial charge in [0.05, 0.1) is 38.0 Å². The fourth-order valence-electron chi connectivity index (χ4n) is 2.51. The van der Waals surface area contributed by atoms with Gasteiger partial charge in [0.2, 0.25) is 5.91 Å². The summed E-state index contributed by atoms with van der Waals surface area (Å²) in [6.07, 6.45) is 3.29. The topological polar surface area (TPSA) is 64.7 Å². The van der Waals surface area contributed by atoms with Gasteiger partial charge in [-0.25, -0.2) is 0 Å². The highest BCUT2D eigenvalue weighted by Crippen LogP contribution is 2.25. The number of aromatic nitrogens is 4. The Labute approximate surface area is 179 Å². The van der Waals surface area contributed by atoms with E-state index in [4.69, 9.17) is 34.8 Å². The summed E-state index contributed by atoms with van der Waals surface area (Å²) in [5, 5.41) is 12.8. The molecule has 0 aliphatic heterocycles. The van der Waals surface area contributed by atoms with Gasteiger partial charge in [0, 0.05) is 6.20 Å². The van der Waals surface area contributed by atoms with Crippen molar-refractivity contribution in [2.24, 2.45) is 0 Å². The third-order valence-corrected chi connectivity index (χ3v) is 5.71. The first-order valence-electron chi connectivity index (χ1n) is 7.93. The van der Waals surface area contributed by atoms with Crippen LogP contribution in [0.2, 0.25) is 15.1 Å². The quantitative estimate of drug-likeness (QED) is 0.523. The summed E-state index contributed by atoms with van der Waals surface area (Å²) in [6, 6.07) is 4.85. The van der Waals surface area contributed by atoms with Crippen molar-refractivity contribution in [3.63, 3.8) is 0 Å². The largest absolute Gasteiger partial charge is 0.306 e. The molecule has 3 rings (SSSR count). The van der Waals surface area contributed by atoms with Crippen molar-refractivity contribution in [3.8, 4) is 0 Å². The maximum absolute atomic E-state index is 12.6. The lowest BCUT2D eigenvalue weighted by atomic mass is 10.2.